The number of fused-ring (bicyclic) bond motifs is 1. The molecule has 0 aromatic heterocycles. The van der Waals surface area contributed by atoms with Gasteiger partial charge in [-0.25, -0.2) is 0 Å². The van der Waals surface area contributed by atoms with Gasteiger partial charge in [-0.3, -0.25) is 9.59 Å². The first kappa shape index (κ1) is 17.1. The van der Waals surface area contributed by atoms with Crippen LogP contribution in [0.25, 0.3) is 0 Å². The van der Waals surface area contributed by atoms with Gasteiger partial charge in [-0.05, 0) is 57.7 Å². The van der Waals surface area contributed by atoms with Crippen molar-refractivity contribution in [1.82, 2.24) is 4.90 Å². The summed E-state index contributed by atoms with van der Waals surface area (Å²) in [7, 11) is 0. The number of allylic oxidation sites excluding steroid dienone is 2. The van der Waals surface area contributed by atoms with Crippen molar-refractivity contribution in [2.75, 3.05) is 19.6 Å². The Morgan fingerprint density at radius 3 is 1.88 bits per heavy atom. The summed E-state index contributed by atoms with van der Waals surface area (Å²) in [6.07, 6.45) is 4.74. The SMILES string of the molecule is CCN(CC)CCC1CCC2=C(CC1)C(=O)c1ccccc1C2=O. The molecule has 2 aliphatic carbocycles. The van der Waals surface area contributed by atoms with Gasteiger partial charge < -0.3 is 4.90 Å². The second kappa shape index (κ2) is 7.43. The van der Waals surface area contributed by atoms with E-state index in [4.69, 9.17) is 0 Å². The predicted molar refractivity (Wildman–Crippen MR) is 96.5 cm³/mol. The zero-order valence-electron chi connectivity index (χ0n) is 14.8. The van der Waals surface area contributed by atoms with E-state index in [0.717, 1.165) is 62.9 Å². The first-order chi connectivity index (χ1) is 11.7. The molecule has 1 aromatic carbocycles. The standard InChI is InChI=1S/C21H27NO2/c1-3-22(4-2)14-13-15-9-11-18-19(12-10-15)21(24)17-8-6-5-7-16(17)20(18)23/h5-8,15H,3-4,9-14H2,1-2H3. The first-order valence-electron chi connectivity index (χ1n) is 9.28. The lowest BCUT2D eigenvalue weighted by molar-refractivity contribution is 0.0970. The molecular weight excluding hydrogens is 298 g/mol. The van der Waals surface area contributed by atoms with E-state index in [9.17, 15) is 9.59 Å². The molecule has 1 aromatic rings. The van der Waals surface area contributed by atoms with Crippen LogP contribution in [0.15, 0.2) is 35.4 Å². The van der Waals surface area contributed by atoms with Gasteiger partial charge >= 0.3 is 0 Å². The van der Waals surface area contributed by atoms with Crippen LogP contribution < -0.4 is 0 Å². The second-order valence-corrected chi connectivity index (χ2v) is 6.92. The highest BCUT2D eigenvalue weighted by atomic mass is 16.1. The van der Waals surface area contributed by atoms with Gasteiger partial charge in [-0.15, -0.1) is 0 Å². The minimum absolute atomic E-state index is 0.0876. The van der Waals surface area contributed by atoms with E-state index in [1.165, 1.54) is 0 Å². The molecule has 0 N–H and O–H groups in total. The van der Waals surface area contributed by atoms with Gasteiger partial charge in [0, 0.05) is 22.3 Å². The molecule has 0 fully saturated rings. The third-order valence-electron chi connectivity index (χ3n) is 5.68. The molecule has 0 saturated heterocycles. The van der Waals surface area contributed by atoms with Crippen LogP contribution in [0.2, 0.25) is 0 Å². The highest BCUT2D eigenvalue weighted by molar-refractivity contribution is 6.26. The van der Waals surface area contributed by atoms with E-state index in [-0.39, 0.29) is 11.6 Å². The third-order valence-corrected chi connectivity index (χ3v) is 5.68. The topological polar surface area (TPSA) is 37.4 Å². The normalized spacial score (nSPS) is 18.6. The number of Topliss-reactive ketones (excluding diaryl/α,β-unsaturated/α-hetero) is 2. The van der Waals surface area contributed by atoms with E-state index < -0.39 is 0 Å². The molecule has 0 radical (unpaired) electrons. The lowest BCUT2D eigenvalue weighted by Gasteiger charge is -2.21. The number of carbonyl (C=O) groups excluding carboxylic acids is 2. The van der Waals surface area contributed by atoms with Crippen LogP contribution in [0.3, 0.4) is 0 Å². The Morgan fingerprint density at radius 2 is 1.42 bits per heavy atom. The summed E-state index contributed by atoms with van der Waals surface area (Å²) in [5.74, 6) is 0.786. The number of nitrogens with zero attached hydrogens (tertiary/aromatic N) is 1. The summed E-state index contributed by atoms with van der Waals surface area (Å²) in [6, 6.07) is 7.28. The molecule has 0 bridgehead atoms. The zero-order valence-corrected chi connectivity index (χ0v) is 14.8. The molecule has 0 spiro atoms. The average molecular weight is 325 g/mol. The van der Waals surface area contributed by atoms with Crippen molar-refractivity contribution in [1.29, 1.82) is 0 Å². The van der Waals surface area contributed by atoms with Crippen LogP contribution >= 0.6 is 0 Å². The number of hydrogen-bond acceptors (Lipinski definition) is 3. The van der Waals surface area contributed by atoms with Crippen LogP contribution in [0.5, 0.6) is 0 Å². The van der Waals surface area contributed by atoms with Gasteiger partial charge in [0.15, 0.2) is 11.6 Å². The first-order valence-corrected chi connectivity index (χ1v) is 9.28. The number of hydrogen-bond donors (Lipinski definition) is 0. The molecule has 2 aliphatic rings. The summed E-state index contributed by atoms with van der Waals surface area (Å²) in [5, 5.41) is 0. The summed E-state index contributed by atoms with van der Waals surface area (Å²) >= 11 is 0. The van der Waals surface area contributed by atoms with Gasteiger partial charge in [0.2, 0.25) is 0 Å². The molecule has 0 heterocycles. The summed E-state index contributed by atoms with van der Waals surface area (Å²) < 4.78 is 0. The van der Waals surface area contributed by atoms with Gasteiger partial charge in [0.05, 0.1) is 0 Å². The Hall–Kier alpha value is -1.74. The molecular formula is C21H27NO2. The van der Waals surface area contributed by atoms with Crippen LogP contribution in [-0.2, 0) is 0 Å². The molecule has 24 heavy (non-hydrogen) atoms. The highest BCUT2D eigenvalue weighted by Crippen LogP contribution is 2.37. The third kappa shape index (κ3) is 3.23. The molecule has 3 heteroatoms. The molecule has 0 saturated carbocycles. The number of ketones is 2. The molecule has 0 unspecified atom stereocenters. The fourth-order valence-corrected chi connectivity index (χ4v) is 4.04. The van der Waals surface area contributed by atoms with Crippen LogP contribution in [0.4, 0.5) is 0 Å². The lowest BCUT2D eigenvalue weighted by Crippen LogP contribution is -2.25. The second-order valence-electron chi connectivity index (χ2n) is 6.92. The quantitative estimate of drug-likeness (QED) is 0.810. The average Bonchev–Trinajstić information content (AvgIpc) is 2.84. The van der Waals surface area contributed by atoms with Crippen LogP contribution in [0.1, 0.15) is 66.7 Å². The van der Waals surface area contributed by atoms with Crippen LogP contribution in [0, 0.1) is 5.92 Å². The highest BCUT2D eigenvalue weighted by Gasteiger charge is 2.33. The maximum absolute atomic E-state index is 12.8. The fraction of sp³-hybridized carbons (Fsp3) is 0.524. The molecule has 3 rings (SSSR count). The fourth-order valence-electron chi connectivity index (χ4n) is 4.04. The number of benzene rings is 1. The Morgan fingerprint density at radius 1 is 0.917 bits per heavy atom. The maximum atomic E-state index is 12.8. The molecule has 0 atom stereocenters. The molecule has 3 nitrogen and oxygen atoms in total. The van der Waals surface area contributed by atoms with E-state index >= 15 is 0 Å². The predicted octanol–water partition coefficient (Wildman–Crippen LogP) is 4.28. The van der Waals surface area contributed by atoms with Gasteiger partial charge in [0.1, 0.15) is 0 Å². The van der Waals surface area contributed by atoms with Gasteiger partial charge in [-0.2, -0.15) is 0 Å². The largest absolute Gasteiger partial charge is 0.304 e. The number of rotatable bonds is 5. The van der Waals surface area contributed by atoms with E-state index in [1.807, 2.05) is 12.1 Å². The summed E-state index contributed by atoms with van der Waals surface area (Å²) in [6.45, 7) is 7.69. The minimum Gasteiger partial charge on any atom is -0.304 e. The zero-order chi connectivity index (χ0) is 17.1. The number of carbonyl (C=O) groups is 2. The van der Waals surface area contributed by atoms with Crippen molar-refractivity contribution in [3.63, 3.8) is 0 Å². The lowest BCUT2D eigenvalue weighted by atomic mass is 9.82. The van der Waals surface area contributed by atoms with E-state index in [2.05, 4.69) is 18.7 Å². The van der Waals surface area contributed by atoms with Crippen molar-refractivity contribution < 1.29 is 9.59 Å². The Balaban J connectivity index is 1.72. The molecule has 0 aliphatic heterocycles. The monoisotopic (exact) mass is 325 g/mol. The van der Waals surface area contributed by atoms with Gasteiger partial charge in [-0.1, -0.05) is 38.1 Å². The summed E-state index contributed by atoms with van der Waals surface area (Å²) in [4.78, 5) is 28.0. The van der Waals surface area contributed by atoms with E-state index in [1.54, 1.807) is 12.1 Å². The van der Waals surface area contributed by atoms with Crippen molar-refractivity contribution in [2.24, 2.45) is 5.92 Å². The van der Waals surface area contributed by atoms with Crippen molar-refractivity contribution in [2.45, 2.75) is 46.0 Å². The maximum Gasteiger partial charge on any atom is 0.190 e. The van der Waals surface area contributed by atoms with Crippen molar-refractivity contribution >= 4 is 11.6 Å². The molecule has 0 amide bonds. The Labute approximate surface area is 144 Å². The smallest absolute Gasteiger partial charge is 0.190 e. The molecule has 128 valence electrons. The van der Waals surface area contributed by atoms with Crippen molar-refractivity contribution in [3.05, 3.63) is 46.5 Å². The van der Waals surface area contributed by atoms with Gasteiger partial charge in [0.25, 0.3) is 0 Å². The Kier molecular flexibility index (Phi) is 5.30. The Bertz CT molecular complexity index is 621. The van der Waals surface area contributed by atoms with Crippen molar-refractivity contribution in [3.8, 4) is 0 Å². The summed E-state index contributed by atoms with van der Waals surface area (Å²) in [5.41, 5.74) is 2.79. The minimum atomic E-state index is 0.0876. The van der Waals surface area contributed by atoms with E-state index in [0.29, 0.717) is 17.0 Å². The van der Waals surface area contributed by atoms with Crippen LogP contribution in [-0.4, -0.2) is 36.1 Å².